The zero-order chi connectivity index (χ0) is 23.6. The van der Waals surface area contributed by atoms with Gasteiger partial charge in [-0.25, -0.2) is 8.78 Å². The molecule has 7 heteroatoms. The second kappa shape index (κ2) is 9.95. The van der Waals surface area contributed by atoms with E-state index in [-0.39, 0.29) is 11.8 Å². The molecule has 0 aromatic heterocycles. The van der Waals surface area contributed by atoms with E-state index in [1.807, 2.05) is 37.3 Å². The number of nitrogens with zero attached hydrogens (tertiary/aromatic N) is 2. The monoisotopic (exact) mass is 460 g/mol. The van der Waals surface area contributed by atoms with E-state index in [9.17, 15) is 19.0 Å². The molecule has 33 heavy (non-hydrogen) atoms. The Morgan fingerprint density at radius 2 is 1.85 bits per heavy atom. The summed E-state index contributed by atoms with van der Waals surface area (Å²) >= 11 is 0. The molecule has 2 aliphatic rings. The molecule has 0 unspecified atom stereocenters. The molecule has 0 aliphatic carbocycles. The number of fused-ring (bicyclic) bond motifs is 1. The Kier molecular flexibility index (Phi) is 7.22. The molecule has 0 bridgehead atoms. The molecule has 0 radical (unpaired) electrons. The topological polar surface area (TPSA) is 56.2 Å². The number of aliphatic hydroxyl groups excluding tert-OH is 1. The Balaban J connectivity index is 1.51. The molecule has 4 rings (SSSR count). The lowest BCUT2D eigenvalue weighted by Crippen LogP contribution is -2.49. The van der Waals surface area contributed by atoms with Gasteiger partial charge in [-0.3, -0.25) is 9.80 Å². The third kappa shape index (κ3) is 5.48. The average molecular weight is 461 g/mol. The average Bonchev–Trinajstić information content (AvgIpc) is 2.76. The number of aromatic hydroxyl groups is 1. The lowest BCUT2D eigenvalue weighted by molar-refractivity contribution is -0.0862. The maximum absolute atomic E-state index is 14.2. The minimum absolute atomic E-state index is 0.171. The molecule has 180 valence electrons. The third-order valence-electron chi connectivity index (χ3n) is 6.96. The van der Waals surface area contributed by atoms with Crippen molar-refractivity contribution >= 4 is 0 Å². The zero-order valence-corrected chi connectivity index (χ0v) is 19.4. The molecule has 0 amide bonds. The van der Waals surface area contributed by atoms with E-state index in [1.54, 1.807) is 17.0 Å². The highest BCUT2D eigenvalue weighted by Crippen LogP contribution is 2.40. The minimum Gasteiger partial charge on any atom is -0.508 e. The fraction of sp³-hybridized carbons (Fsp3) is 0.538. The van der Waals surface area contributed by atoms with Gasteiger partial charge in [0.1, 0.15) is 24.7 Å². The first-order valence-corrected chi connectivity index (χ1v) is 11.8. The van der Waals surface area contributed by atoms with Crippen molar-refractivity contribution in [3.05, 3.63) is 59.2 Å². The number of phenolic OH excluding ortho intramolecular Hbond substituents is 1. The molecule has 2 atom stereocenters. The van der Waals surface area contributed by atoms with Crippen LogP contribution >= 0.6 is 0 Å². The molecule has 0 spiro atoms. The van der Waals surface area contributed by atoms with Crippen molar-refractivity contribution in [2.45, 2.75) is 44.7 Å². The van der Waals surface area contributed by atoms with Gasteiger partial charge < -0.3 is 14.9 Å². The lowest BCUT2D eigenvalue weighted by atomic mass is 9.84. The maximum Gasteiger partial charge on any atom is 0.283 e. The second-order valence-corrected chi connectivity index (χ2v) is 9.48. The van der Waals surface area contributed by atoms with Crippen molar-refractivity contribution in [3.63, 3.8) is 0 Å². The van der Waals surface area contributed by atoms with Crippen LogP contribution in [0.15, 0.2) is 42.5 Å². The Hall–Kier alpha value is -2.22. The van der Waals surface area contributed by atoms with Crippen molar-refractivity contribution in [1.82, 2.24) is 9.80 Å². The number of rotatable bonds is 9. The summed E-state index contributed by atoms with van der Waals surface area (Å²) in [5, 5.41) is 19.1. The van der Waals surface area contributed by atoms with Gasteiger partial charge >= 0.3 is 0 Å². The fourth-order valence-corrected chi connectivity index (χ4v) is 5.00. The van der Waals surface area contributed by atoms with Gasteiger partial charge in [-0.15, -0.1) is 0 Å². The van der Waals surface area contributed by atoms with E-state index in [0.717, 1.165) is 48.0 Å². The van der Waals surface area contributed by atoms with Gasteiger partial charge in [0.15, 0.2) is 0 Å². The van der Waals surface area contributed by atoms with E-state index in [4.69, 9.17) is 4.74 Å². The number of hydrogen-bond acceptors (Lipinski definition) is 5. The van der Waals surface area contributed by atoms with Crippen molar-refractivity contribution in [2.75, 3.05) is 39.4 Å². The number of hydrogen-bond donors (Lipinski definition) is 2. The lowest BCUT2D eigenvalue weighted by Gasteiger charge is -2.43. The smallest absolute Gasteiger partial charge is 0.283 e. The molecule has 2 aromatic carbocycles. The Bertz CT molecular complexity index is 932. The van der Waals surface area contributed by atoms with Crippen molar-refractivity contribution < 1.29 is 23.7 Å². The van der Waals surface area contributed by atoms with Gasteiger partial charge in [-0.2, -0.15) is 0 Å². The van der Waals surface area contributed by atoms with Gasteiger partial charge in [0, 0.05) is 25.7 Å². The normalized spacial score (nSPS) is 22.1. The van der Waals surface area contributed by atoms with Crippen molar-refractivity contribution in [2.24, 2.45) is 5.92 Å². The zero-order valence-electron chi connectivity index (χ0n) is 19.4. The van der Waals surface area contributed by atoms with Crippen molar-refractivity contribution in [1.29, 1.82) is 0 Å². The SMILES string of the molecule is CCC1CN(CCOc2ccc([C@@H]3c4ccc(O)cc4C[C@@H](C)N3CC(F)(F)CO)cc2)C1. The molecule has 1 saturated heterocycles. The summed E-state index contributed by atoms with van der Waals surface area (Å²) < 4.78 is 34.4. The van der Waals surface area contributed by atoms with Crippen LogP contribution in [0.2, 0.25) is 0 Å². The summed E-state index contributed by atoms with van der Waals surface area (Å²) in [6.07, 6.45) is 1.78. The summed E-state index contributed by atoms with van der Waals surface area (Å²) in [5.74, 6) is -1.45. The summed E-state index contributed by atoms with van der Waals surface area (Å²) in [6, 6.07) is 12.2. The molecule has 0 saturated carbocycles. The Labute approximate surface area is 194 Å². The van der Waals surface area contributed by atoms with Crippen LogP contribution < -0.4 is 4.74 Å². The quantitative estimate of drug-likeness (QED) is 0.591. The van der Waals surface area contributed by atoms with Gasteiger partial charge in [0.2, 0.25) is 0 Å². The molecule has 2 heterocycles. The molecular weight excluding hydrogens is 426 g/mol. The first-order valence-electron chi connectivity index (χ1n) is 11.8. The first kappa shape index (κ1) is 23.9. The van der Waals surface area contributed by atoms with E-state index < -0.39 is 25.1 Å². The Morgan fingerprint density at radius 1 is 1.12 bits per heavy atom. The van der Waals surface area contributed by atoms with Crippen LogP contribution in [0.1, 0.15) is 43.0 Å². The van der Waals surface area contributed by atoms with Crippen LogP contribution in [0.4, 0.5) is 8.78 Å². The van der Waals surface area contributed by atoms with Crippen LogP contribution in [0.3, 0.4) is 0 Å². The predicted octanol–water partition coefficient (Wildman–Crippen LogP) is 4.08. The second-order valence-electron chi connectivity index (χ2n) is 9.48. The summed E-state index contributed by atoms with van der Waals surface area (Å²) in [4.78, 5) is 4.14. The highest BCUT2D eigenvalue weighted by atomic mass is 19.3. The number of alkyl halides is 2. The predicted molar refractivity (Wildman–Crippen MR) is 124 cm³/mol. The van der Waals surface area contributed by atoms with Gasteiger partial charge in [-0.1, -0.05) is 31.5 Å². The van der Waals surface area contributed by atoms with Gasteiger partial charge in [0.05, 0.1) is 12.6 Å². The number of phenols is 1. The summed E-state index contributed by atoms with van der Waals surface area (Å²) in [6.45, 7) is 6.21. The van der Waals surface area contributed by atoms with Crippen molar-refractivity contribution in [3.8, 4) is 11.5 Å². The number of benzene rings is 2. The van der Waals surface area contributed by atoms with Crippen LogP contribution in [0, 0.1) is 5.92 Å². The van der Waals surface area contributed by atoms with E-state index in [0.29, 0.717) is 13.0 Å². The van der Waals surface area contributed by atoms with E-state index in [1.165, 1.54) is 6.42 Å². The molecule has 2 N–H and O–H groups in total. The fourth-order valence-electron chi connectivity index (χ4n) is 5.00. The Morgan fingerprint density at radius 3 is 2.52 bits per heavy atom. The molecule has 2 aliphatic heterocycles. The van der Waals surface area contributed by atoms with Crippen LogP contribution in [-0.4, -0.2) is 71.4 Å². The number of ether oxygens (including phenoxy) is 1. The van der Waals surface area contributed by atoms with E-state index >= 15 is 0 Å². The highest BCUT2D eigenvalue weighted by Gasteiger charge is 2.40. The molecule has 1 fully saturated rings. The molecular formula is C26H34F2N2O3. The highest BCUT2D eigenvalue weighted by molar-refractivity contribution is 5.45. The minimum atomic E-state index is -3.20. The number of likely N-dealkylation sites (tertiary alicyclic amines) is 1. The number of aliphatic hydroxyl groups is 1. The van der Waals surface area contributed by atoms with Crippen LogP contribution in [-0.2, 0) is 6.42 Å². The largest absolute Gasteiger partial charge is 0.508 e. The van der Waals surface area contributed by atoms with Gasteiger partial charge in [-0.05, 0) is 60.2 Å². The molecule has 2 aromatic rings. The van der Waals surface area contributed by atoms with E-state index in [2.05, 4.69) is 11.8 Å². The van der Waals surface area contributed by atoms with Gasteiger partial charge in [0.25, 0.3) is 5.92 Å². The van der Waals surface area contributed by atoms with Crippen LogP contribution in [0.5, 0.6) is 11.5 Å². The first-order chi connectivity index (χ1) is 15.8. The summed E-state index contributed by atoms with van der Waals surface area (Å²) in [5.41, 5.74) is 2.73. The number of halogens is 2. The standard InChI is InChI=1S/C26H34F2N2O3/c1-3-19-14-29(15-19)10-11-33-23-7-4-20(5-8-23)25-24-9-6-22(32)13-21(24)12-18(2)30(25)16-26(27,28)17-31/h4-9,13,18-19,25,31-32H,3,10-12,14-17H2,1-2H3/t18-,25-/m1/s1. The maximum atomic E-state index is 14.2. The van der Waals surface area contributed by atoms with Crippen LogP contribution in [0.25, 0.3) is 0 Å². The summed E-state index contributed by atoms with van der Waals surface area (Å²) in [7, 11) is 0. The molecule has 5 nitrogen and oxygen atoms in total. The third-order valence-corrected chi connectivity index (χ3v) is 6.96.